The largest absolute Gasteiger partial charge is 0.497 e. The Morgan fingerprint density at radius 2 is 2.32 bits per heavy atom. The van der Waals surface area contributed by atoms with Crippen molar-refractivity contribution in [3.63, 3.8) is 0 Å². The van der Waals surface area contributed by atoms with Crippen molar-refractivity contribution in [2.24, 2.45) is 0 Å². The number of aromatic amines is 1. The van der Waals surface area contributed by atoms with Crippen LogP contribution in [0.4, 0.5) is 0 Å². The summed E-state index contributed by atoms with van der Waals surface area (Å²) in [6.07, 6.45) is -0.0471. The molecule has 0 atom stereocenters. The standard InChI is InChI=1S/C13H13N3O3/c1-7-10(6-12(17)18)16-11-5-8(19-2)3-4-9(11)15-13(16)14-7/h3-5H,6H2,1-2H3,(H,14,15)(H,17,18). The van der Waals surface area contributed by atoms with Gasteiger partial charge in [0, 0.05) is 11.8 Å². The summed E-state index contributed by atoms with van der Waals surface area (Å²) >= 11 is 0. The Bertz CT molecular complexity index is 785. The number of rotatable bonds is 3. The molecule has 0 radical (unpaired) electrons. The number of hydrogen-bond donors (Lipinski definition) is 2. The van der Waals surface area contributed by atoms with Crippen molar-refractivity contribution in [3.8, 4) is 5.75 Å². The molecule has 6 heteroatoms. The zero-order chi connectivity index (χ0) is 13.6. The van der Waals surface area contributed by atoms with E-state index in [4.69, 9.17) is 9.84 Å². The van der Waals surface area contributed by atoms with E-state index in [-0.39, 0.29) is 6.42 Å². The second-order valence-electron chi connectivity index (χ2n) is 4.39. The van der Waals surface area contributed by atoms with Crippen LogP contribution in [0.1, 0.15) is 11.4 Å². The molecule has 19 heavy (non-hydrogen) atoms. The van der Waals surface area contributed by atoms with Crippen LogP contribution in [0.5, 0.6) is 5.75 Å². The van der Waals surface area contributed by atoms with Crippen LogP contribution in [0.25, 0.3) is 16.8 Å². The van der Waals surface area contributed by atoms with E-state index in [1.165, 1.54) is 0 Å². The Kier molecular flexibility index (Phi) is 2.45. The van der Waals surface area contributed by atoms with Crippen LogP contribution in [0.3, 0.4) is 0 Å². The summed E-state index contributed by atoms with van der Waals surface area (Å²) in [5.74, 6) is 0.500. The molecule has 0 aliphatic carbocycles. The molecule has 3 rings (SSSR count). The fraction of sp³-hybridized carbons (Fsp3) is 0.231. The smallest absolute Gasteiger partial charge is 0.309 e. The first kappa shape index (κ1) is 11.6. The van der Waals surface area contributed by atoms with Gasteiger partial charge >= 0.3 is 5.97 Å². The lowest BCUT2D eigenvalue weighted by molar-refractivity contribution is -0.136. The molecule has 0 unspecified atom stereocenters. The van der Waals surface area contributed by atoms with Crippen LogP contribution in [0.15, 0.2) is 18.2 Å². The first-order chi connectivity index (χ1) is 9.10. The molecule has 0 aliphatic rings. The molecule has 3 aromatic rings. The van der Waals surface area contributed by atoms with Crippen molar-refractivity contribution in [1.82, 2.24) is 14.4 Å². The van der Waals surface area contributed by atoms with Gasteiger partial charge in [0.25, 0.3) is 0 Å². The lowest BCUT2D eigenvalue weighted by Crippen LogP contribution is -2.04. The number of hydrogen-bond acceptors (Lipinski definition) is 3. The van der Waals surface area contributed by atoms with Crippen LogP contribution in [0.2, 0.25) is 0 Å². The minimum absolute atomic E-state index is 0.0471. The maximum absolute atomic E-state index is 11.0. The molecule has 2 N–H and O–H groups in total. The van der Waals surface area contributed by atoms with E-state index in [1.54, 1.807) is 7.11 Å². The number of imidazole rings is 2. The van der Waals surface area contributed by atoms with Gasteiger partial charge in [0.2, 0.25) is 5.78 Å². The quantitative estimate of drug-likeness (QED) is 0.751. The molecular weight excluding hydrogens is 246 g/mol. The van der Waals surface area contributed by atoms with Crippen molar-refractivity contribution in [2.75, 3.05) is 7.11 Å². The average Bonchev–Trinajstić information content (AvgIpc) is 2.85. The minimum Gasteiger partial charge on any atom is -0.497 e. The number of benzene rings is 1. The van der Waals surface area contributed by atoms with Crippen LogP contribution < -0.4 is 4.74 Å². The fourth-order valence-electron chi connectivity index (χ4n) is 2.30. The third kappa shape index (κ3) is 1.72. The highest BCUT2D eigenvalue weighted by Crippen LogP contribution is 2.24. The first-order valence-electron chi connectivity index (χ1n) is 5.85. The van der Waals surface area contributed by atoms with Gasteiger partial charge in [0.1, 0.15) is 5.75 Å². The number of carbonyl (C=O) groups is 1. The van der Waals surface area contributed by atoms with Gasteiger partial charge in [-0.05, 0) is 19.1 Å². The van der Waals surface area contributed by atoms with Crippen molar-refractivity contribution in [1.29, 1.82) is 0 Å². The zero-order valence-corrected chi connectivity index (χ0v) is 10.6. The van der Waals surface area contributed by atoms with Crippen LogP contribution in [-0.4, -0.2) is 32.6 Å². The van der Waals surface area contributed by atoms with E-state index in [0.717, 1.165) is 22.5 Å². The summed E-state index contributed by atoms with van der Waals surface area (Å²) in [6, 6.07) is 5.54. The molecule has 0 aliphatic heterocycles. The van der Waals surface area contributed by atoms with E-state index in [1.807, 2.05) is 29.5 Å². The number of H-pyrrole nitrogens is 1. The average molecular weight is 259 g/mol. The monoisotopic (exact) mass is 259 g/mol. The SMILES string of the molecule is COc1ccc2nc3[nH]c(C)c(CC(=O)O)n3c2c1. The number of fused-ring (bicyclic) bond motifs is 3. The number of nitrogens with zero attached hydrogens (tertiary/aromatic N) is 2. The Hall–Kier alpha value is -2.50. The zero-order valence-electron chi connectivity index (χ0n) is 10.6. The highest BCUT2D eigenvalue weighted by Gasteiger charge is 2.16. The van der Waals surface area contributed by atoms with Gasteiger partial charge in [0.15, 0.2) is 0 Å². The van der Waals surface area contributed by atoms with E-state index < -0.39 is 5.97 Å². The summed E-state index contributed by atoms with van der Waals surface area (Å²) < 4.78 is 7.04. The highest BCUT2D eigenvalue weighted by molar-refractivity contribution is 5.82. The molecule has 0 saturated heterocycles. The van der Waals surface area contributed by atoms with E-state index in [9.17, 15) is 4.79 Å². The molecule has 0 spiro atoms. The van der Waals surface area contributed by atoms with Crippen molar-refractivity contribution in [2.45, 2.75) is 13.3 Å². The van der Waals surface area contributed by atoms with Crippen molar-refractivity contribution in [3.05, 3.63) is 29.6 Å². The van der Waals surface area contributed by atoms with Crippen molar-refractivity contribution >= 4 is 22.8 Å². The molecule has 0 bridgehead atoms. The summed E-state index contributed by atoms with van der Waals surface area (Å²) in [5, 5.41) is 9.01. The van der Waals surface area contributed by atoms with Gasteiger partial charge in [-0.25, -0.2) is 4.98 Å². The number of carboxylic acids is 1. The van der Waals surface area contributed by atoms with E-state index in [0.29, 0.717) is 11.5 Å². The number of nitrogens with one attached hydrogen (secondary N) is 1. The number of carboxylic acid groups (broad SMARTS) is 1. The second kappa shape index (κ2) is 4.01. The van der Waals surface area contributed by atoms with Gasteiger partial charge in [-0.2, -0.15) is 0 Å². The highest BCUT2D eigenvalue weighted by atomic mass is 16.5. The Morgan fingerprint density at radius 3 is 3.00 bits per heavy atom. The summed E-state index contributed by atoms with van der Waals surface area (Å²) in [4.78, 5) is 18.5. The molecule has 0 amide bonds. The molecule has 2 heterocycles. The lowest BCUT2D eigenvalue weighted by Gasteiger charge is -2.01. The first-order valence-corrected chi connectivity index (χ1v) is 5.85. The van der Waals surface area contributed by atoms with E-state index in [2.05, 4.69) is 9.97 Å². The van der Waals surface area contributed by atoms with Crippen LogP contribution in [0, 0.1) is 6.92 Å². The Labute approximate surface area is 108 Å². The topological polar surface area (TPSA) is 79.6 Å². The van der Waals surface area contributed by atoms with Crippen molar-refractivity contribution < 1.29 is 14.6 Å². The third-order valence-corrected chi connectivity index (χ3v) is 3.18. The molecule has 2 aromatic heterocycles. The fourth-order valence-corrected chi connectivity index (χ4v) is 2.30. The van der Waals surface area contributed by atoms with Gasteiger partial charge in [-0.1, -0.05) is 0 Å². The predicted molar refractivity (Wildman–Crippen MR) is 69.7 cm³/mol. The number of ether oxygens (including phenoxy) is 1. The van der Waals surface area contributed by atoms with Gasteiger partial charge < -0.3 is 14.8 Å². The predicted octanol–water partition coefficient (Wildman–Crippen LogP) is 1.76. The van der Waals surface area contributed by atoms with E-state index >= 15 is 0 Å². The Morgan fingerprint density at radius 1 is 1.53 bits per heavy atom. The molecular formula is C13H13N3O3. The molecule has 1 aromatic carbocycles. The number of aromatic nitrogens is 3. The third-order valence-electron chi connectivity index (χ3n) is 3.18. The summed E-state index contributed by atoms with van der Waals surface area (Å²) in [7, 11) is 1.60. The number of methoxy groups -OCH3 is 1. The Balaban J connectivity index is 2.34. The number of aliphatic carboxylic acids is 1. The lowest BCUT2D eigenvalue weighted by atomic mass is 10.2. The van der Waals surface area contributed by atoms with Gasteiger partial charge in [-0.15, -0.1) is 0 Å². The minimum atomic E-state index is -0.867. The summed E-state index contributed by atoms with van der Waals surface area (Å²) in [6.45, 7) is 1.85. The van der Waals surface area contributed by atoms with Crippen LogP contribution in [-0.2, 0) is 11.2 Å². The molecule has 98 valence electrons. The summed E-state index contributed by atoms with van der Waals surface area (Å²) in [5.41, 5.74) is 3.17. The number of aryl methyl sites for hydroxylation is 1. The normalized spacial score (nSPS) is 11.3. The molecule has 0 fully saturated rings. The van der Waals surface area contributed by atoms with Gasteiger partial charge in [0.05, 0.1) is 30.3 Å². The molecule has 0 saturated carbocycles. The maximum atomic E-state index is 11.0. The second-order valence-corrected chi connectivity index (χ2v) is 4.39. The van der Waals surface area contributed by atoms with Crippen LogP contribution >= 0.6 is 0 Å². The molecule has 6 nitrogen and oxygen atoms in total. The van der Waals surface area contributed by atoms with Gasteiger partial charge in [-0.3, -0.25) is 9.20 Å². The maximum Gasteiger partial charge on any atom is 0.309 e.